The Morgan fingerprint density at radius 1 is 1.64 bits per heavy atom. The van der Waals surface area contributed by atoms with Crippen LogP contribution in [0.3, 0.4) is 0 Å². The lowest BCUT2D eigenvalue weighted by atomic mass is 10.4. The number of hydroxylamine groups is 2. The standard InChI is InChI=1S/C6H9NO6S/c1-4(8)13-7-3-2-5(6(7)9)14(10,11)12/h5H,2-3H2,1H3,(H,10,11,12). The second kappa shape index (κ2) is 3.54. The van der Waals surface area contributed by atoms with Crippen molar-refractivity contribution in [3.63, 3.8) is 0 Å². The van der Waals surface area contributed by atoms with E-state index in [1.165, 1.54) is 0 Å². The molecule has 1 atom stereocenters. The molecule has 0 aromatic rings. The van der Waals surface area contributed by atoms with Gasteiger partial charge in [-0.05, 0) is 6.42 Å². The van der Waals surface area contributed by atoms with Crippen LogP contribution in [0.25, 0.3) is 0 Å². The number of hydrogen-bond donors (Lipinski definition) is 1. The van der Waals surface area contributed by atoms with Gasteiger partial charge in [-0.2, -0.15) is 13.5 Å². The monoisotopic (exact) mass is 223 g/mol. The van der Waals surface area contributed by atoms with Crippen LogP contribution in [0.15, 0.2) is 0 Å². The molecule has 14 heavy (non-hydrogen) atoms. The van der Waals surface area contributed by atoms with E-state index in [2.05, 4.69) is 4.84 Å². The molecule has 1 amide bonds. The maximum atomic E-state index is 11.2. The molecule has 8 heteroatoms. The number of nitrogens with zero attached hydrogens (tertiary/aromatic N) is 1. The highest BCUT2D eigenvalue weighted by atomic mass is 32.2. The van der Waals surface area contributed by atoms with Gasteiger partial charge >= 0.3 is 5.97 Å². The fraction of sp³-hybridized carbons (Fsp3) is 0.667. The minimum absolute atomic E-state index is 0.0249. The Labute approximate surface area is 80.3 Å². The average Bonchev–Trinajstić information content (AvgIpc) is 2.30. The van der Waals surface area contributed by atoms with Crippen LogP contribution >= 0.6 is 0 Å². The molecule has 80 valence electrons. The number of carbonyl (C=O) groups is 2. The Balaban J connectivity index is 2.75. The van der Waals surface area contributed by atoms with E-state index in [9.17, 15) is 18.0 Å². The van der Waals surface area contributed by atoms with Gasteiger partial charge in [0.25, 0.3) is 16.0 Å². The summed E-state index contributed by atoms with van der Waals surface area (Å²) in [5.41, 5.74) is 0. The van der Waals surface area contributed by atoms with Crippen molar-refractivity contribution in [3.8, 4) is 0 Å². The molecule has 1 aliphatic heterocycles. The lowest BCUT2D eigenvalue weighted by Gasteiger charge is -2.13. The van der Waals surface area contributed by atoms with Crippen LogP contribution in [-0.2, 0) is 24.5 Å². The Kier molecular flexibility index (Phi) is 2.76. The van der Waals surface area contributed by atoms with Crippen molar-refractivity contribution in [2.45, 2.75) is 18.6 Å². The van der Waals surface area contributed by atoms with Crippen LogP contribution in [0.4, 0.5) is 0 Å². The van der Waals surface area contributed by atoms with Crippen molar-refractivity contribution in [1.29, 1.82) is 0 Å². The largest absolute Gasteiger partial charge is 0.338 e. The van der Waals surface area contributed by atoms with E-state index in [0.29, 0.717) is 5.06 Å². The van der Waals surface area contributed by atoms with E-state index in [4.69, 9.17) is 4.55 Å². The van der Waals surface area contributed by atoms with Gasteiger partial charge in [0, 0.05) is 6.92 Å². The summed E-state index contributed by atoms with van der Waals surface area (Å²) in [7, 11) is -4.40. The number of carbonyl (C=O) groups excluding carboxylic acids is 2. The van der Waals surface area contributed by atoms with Crippen LogP contribution in [0.5, 0.6) is 0 Å². The molecule has 0 aliphatic carbocycles. The van der Waals surface area contributed by atoms with Gasteiger partial charge in [0.15, 0.2) is 5.25 Å². The molecule has 1 heterocycles. The van der Waals surface area contributed by atoms with E-state index in [1.807, 2.05) is 0 Å². The molecule has 0 bridgehead atoms. The summed E-state index contributed by atoms with van der Waals surface area (Å²) in [4.78, 5) is 26.1. The molecule has 0 saturated carbocycles. The van der Waals surface area contributed by atoms with Gasteiger partial charge in [0.1, 0.15) is 0 Å². The summed E-state index contributed by atoms with van der Waals surface area (Å²) in [5.74, 6) is -1.63. The highest BCUT2D eigenvalue weighted by molar-refractivity contribution is 7.87. The van der Waals surface area contributed by atoms with Gasteiger partial charge in [-0.25, -0.2) is 0 Å². The maximum absolute atomic E-state index is 11.2. The zero-order chi connectivity index (χ0) is 10.9. The first-order valence-electron chi connectivity index (χ1n) is 3.78. The van der Waals surface area contributed by atoms with Crippen molar-refractivity contribution < 1.29 is 27.4 Å². The molecule has 0 aromatic carbocycles. The summed E-state index contributed by atoms with van der Waals surface area (Å²) in [6.45, 7) is 1.07. The molecule has 1 N–H and O–H groups in total. The van der Waals surface area contributed by atoms with Gasteiger partial charge in [-0.1, -0.05) is 0 Å². The second-order valence-corrected chi connectivity index (χ2v) is 4.41. The Hall–Kier alpha value is -1.15. The summed E-state index contributed by atoms with van der Waals surface area (Å²) >= 11 is 0. The highest BCUT2D eigenvalue weighted by Gasteiger charge is 2.42. The molecule has 7 nitrogen and oxygen atoms in total. The van der Waals surface area contributed by atoms with Crippen LogP contribution in [0.1, 0.15) is 13.3 Å². The van der Waals surface area contributed by atoms with Crippen LogP contribution in [0, 0.1) is 0 Å². The van der Waals surface area contributed by atoms with Crippen LogP contribution in [0.2, 0.25) is 0 Å². The zero-order valence-electron chi connectivity index (χ0n) is 7.34. The third-order valence-corrected chi connectivity index (χ3v) is 2.87. The first-order valence-corrected chi connectivity index (χ1v) is 5.29. The molecule has 1 saturated heterocycles. The molecular formula is C6H9NO6S. The van der Waals surface area contributed by atoms with Gasteiger partial charge in [0.2, 0.25) is 0 Å². The van der Waals surface area contributed by atoms with E-state index >= 15 is 0 Å². The summed E-state index contributed by atoms with van der Waals surface area (Å²) < 4.78 is 29.9. The third kappa shape index (κ3) is 2.20. The Morgan fingerprint density at radius 2 is 2.21 bits per heavy atom. The minimum atomic E-state index is -4.40. The van der Waals surface area contributed by atoms with Crippen molar-refractivity contribution >= 4 is 22.0 Å². The van der Waals surface area contributed by atoms with Gasteiger partial charge in [-0.3, -0.25) is 14.1 Å². The fourth-order valence-electron chi connectivity index (χ4n) is 1.15. The first-order chi connectivity index (χ1) is 6.32. The van der Waals surface area contributed by atoms with Crippen molar-refractivity contribution in [2.24, 2.45) is 0 Å². The molecule has 0 spiro atoms. The summed E-state index contributed by atoms with van der Waals surface area (Å²) in [5, 5.41) is -0.873. The van der Waals surface area contributed by atoms with Gasteiger partial charge in [0.05, 0.1) is 6.54 Å². The first kappa shape index (κ1) is 10.9. The normalized spacial score (nSPS) is 22.6. The highest BCUT2D eigenvalue weighted by Crippen LogP contribution is 2.17. The minimum Gasteiger partial charge on any atom is -0.338 e. The Bertz CT molecular complexity index is 361. The summed E-state index contributed by atoms with van der Waals surface area (Å²) in [6, 6.07) is 0. The average molecular weight is 223 g/mol. The molecular weight excluding hydrogens is 214 g/mol. The fourth-order valence-corrected chi connectivity index (χ4v) is 1.93. The van der Waals surface area contributed by atoms with Crippen molar-refractivity contribution in [2.75, 3.05) is 6.54 Å². The van der Waals surface area contributed by atoms with E-state index in [-0.39, 0.29) is 13.0 Å². The summed E-state index contributed by atoms with van der Waals surface area (Å²) in [6.07, 6.45) is -0.0784. The maximum Gasteiger partial charge on any atom is 0.329 e. The molecule has 0 radical (unpaired) electrons. The zero-order valence-corrected chi connectivity index (χ0v) is 8.15. The SMILES string of the molecule is CC(=O)ON1CCC(S(=O)(=O)O)C1=O. The third-order valence-electron chi connectivity index (χ3n) is 1.71. The van der Waals surface area contributed by atoms with Crippen molar-refractivity contribution in [1.82, 2.24) is 5.06 Å². The molecule has 1 aliphatic rings. The predicted octanol–water partition coefficient (Wildman–Crippen LogP) is -1.05. The smallest absolute Gasteiger partial charge is 0.329 e. The van der Waals surface area contributed by atoms with Crippen LogP contribution in [-0.4, -0.2) is 41.7 Å². The number of rotatable bonds is 2. The Morgan fingerprint density at radius 3 is 2.57 bits per heavy atom. The topological polar surface area (TPSA) is 101 Å². The number of hydrogen-bond acceptors (Lipinski definition) is 5. The lowest BCUT2D eigenvalue weighted by Crippen LogP contribution is -2.34. The van der Waals surface area contributed by atoms with Gasteiger partial charge < -0.3 is 4.84 Å². The molecule has 1 rings (SSSR count). The molecule has 0 aromatic heterocycles. The van der Waals surface area contributed by atoms with E-state index in [0.717, 1.165) is 6.92 Å². The second-order valence-electron chi connectivity index (χ2n) is 2.82. The number of amides is 1. The van der Waals surface area contributed by atoms with Crippen molar-refractivity contribution in [3.05, 3.63) is 0 Å². The van der Waals surface area contributed by atoms with E-state index < -0.39 is 27.2 Å². The van der Waals surface area contributed by atoms with Gasteiger partial charge in [-0.15, -0.1) is 0 Å². The quantitative estimate of drug-likeness (QED) is 0.599. The molecule has 1 unspecified atom stereocenters. The van der Waals surface area contributed by atoms with Crippen LogP contribution < -0.4 is 0 Å². The molecule has 1 fully saturated rings. The van der Waals surface area contributed by atoms with E-state index in [1.54, 1.807) is 0 Å². The lowest BCUT2D eigenvalue weighted by molar-refractivity contribution is -0.190. The predicted molar refractivity (Wildman–Crippen MR) is 43.4 cm³/mol.